The number of nitrogens with zero attached hydrogens (tertiary/aromatic N) is 1. The topological polar surface area (TPSA) is 55.1 Å². The van der Waals surface area contributed by atoms with Crippen LogP contribution in [-0.2, 0) is 11.2 Å². The van der Waals surface area contributed by atoms with Crippen LogP contribution in [0.3, 0.4) is 0 Å². The Labute approximate surface area is 90.0 Å². The van der Waals surface area contributed by atoms with Gasteiger partial charge in [0.05, 0.1) is 6.20 Å². The first kappa shape index (κ1) is 11.8. The molecular weight excluding hydrogens is 192 g/mol. The van der Waals surface area contributed by atoms with E-state index in [9.17, 15) is 4.79 Å². The highest BCUT2D eigenvalue weighted by Gasteiger charge is 2.00. The fourth-order valence-corrected chi connectivity index (χ4v) is 1.30. The number of rotatable bonds is 7. The van der Waals surface area contributed by atoms with E-state index in [1.54, 1.807) is 12.5 Å². The SMILES string of the molecule is CCCCC(=O)NCCCc1cnoc1. The van der Waals surface area contributed by atoms with Gasteiger partial charge in [0.2, 0.25) is 5.91 Å². The van der Waals surface area contributed by atoms with Crippen molar-refractivity contribution in [2.75, 3.05) is 6.54 Å². The molecule has 0 aliphatic carbocycles. The maximum Gasteiger partial charge on any atom is 0.219 e. The quantitative estimate of drug-likeness (QED) is 0.699. The first-order chi connectivity index (χ1) is 7.33. The molecular formula is C11H18N2O2. The first-order valence-corrected chi connectivity index (χ1v) is 5.48. The lowest BCUT2D eigenvalue weighted by Gasteiger charge is -2.03. The van der Waals surface area contributed by atoms with Crippen LogP contribution in [0.5, 0.6) is 0 Å². The Kier molecular flexibility index (Phi) is 5.51. The molecule has 1 N–H and O–H groups in total. The fourth-order valence-electron chi connectivity index (χ4n) is 1.30. The zero-order valence-electron chi connectivity index (χ0n) is 9.16. The van der Waals surface area contributed by atoms with Gasteiger partial charge in [-0.3, -0.25) is 4.79 Å². The van der Waals surface area contributed by atoms with Gasteiger partial charge in [-0.05, 0) is 19.3 Å². The molecule has 1 aromatic heterocycles. The van der Waals surface area contributed by atoms with Gasteiger partial charge in [0.25, 0.3) is 0 Å². The minimum Gasteiger partial charge on any atom is -0.364 e. The Balaban J connectivity index is 1.99. The monoisotopic (exact) mass is 210 g/mol. The molecule has 0 aromatic carbocycles. The Bertz CT molecular complexity index is 270. The molecule has 0 saturated heterocycles. The first-order valence-electron chi connectivity index (χ1n) is 5.48. The molecule has 0 fully saturated rings. The van der Waals surface area contributed by atoms with Gasteiger partial charge in [0, 0.05) is 18.5 Å². The van der Waals surface area contributed by atoms with Crippen molar-refractivity contribution in [3.05, 3.63) is 18.0 Å². The molecule has 0 spiro atoms. The van der Waals surface area contributed by atoms with Gasteiger partial charge in [-0.15, -0.1) is 0 Å². The Morgan fingerprint density at radius 1 is 1.53 bits per heavy atom. The summed E-state index contributed by atoms with van der Waals surface area (Å²) in [5.41, 5.74) is 1.08. The van der Waals surface area contributed by atoms with Crippen molar-refractivity contribution in [3.8, 4) is 0 Å². The molecule has 1 amide bonds. The van der Waals surface area contributed by atoms with E-state index >= 15 is 0 Å². The van der Waals surface area contributed by atoms with Crippen molar-refractivity contribution < 1.29 is 9.32 Å². The molecule has 1 rings (SSSR count). The summed E-state index contributed by atoms with van der Waals surface area (Å²) in [6.45, 7) is 2.81. The minimum atomic E-state index is 0.155. The van der Waals surface area contributed by atoms with Crippen LogP contribution in [-0.4, -0.2) is 17.6 Å². The van der Waals surface area contributed by atoms with Crippen LogP contribution in [0, 0.1) is 0 Å². The molecule has 1 aromatic rings. The number of aromatic nitrogens is 1. The number of hydrogen-bond donors (Lipinski definition) is 1. The highest BCUT2D eigenvalue weighted by molar-refractivity contribution is 5.75. The summed E-state index contributed by atoms with van der Waals surface area (Å²) in [6.07, 6.45) is 7.85. The van der Waals surface area contributed by atoms with Gasteiger partial charge < -0.3 is 9.84 Å². The summed E-state index contributed by atoms with van der Waals surface area (Å²) in [5, 5.41) is 6.50. The van der Waals surface area contributed by atoms with Gasteiger partial charge in [-0.1, -0.05) is 18.5 Å². The molecule has 15 heavy (non-hydrogen) atoms. The Morgan fingerprint density at radius 2 is 2.40 bits per heavy atom. The van der Waals surface area contributed by atoms with Crippen molar-refractivity contribution in [2.24, 2.45) is 0 Å². The molecule has 4 heteroatoms. The summed E-state index contributed by atoms with van der Waals surface area (Å²) in [6, 6.07) is 0. The molecule has 0 aliphatic heterocycles. The molecule has 0 saturated carbocycles. The second-order valence-corrected chi connectivity index (χ2v) is 3.59. The molecule has 0 radical (unpaired) electrons. The molecule has 4 nitrogen and oxygen atoms in total. The van der Waals surface area contributed by atoms with Gasteiger partial charge in [0.15, 0.2) is 0 Å². The Morgan fingerprint density at radius 3 is 3.07 bits per heavy atom. The van der Waals surface area contributed by atoms with E-state index in [1.165, 1.54) is 0 Å². The third-order valence-electron chi connectivity index (χ3n) is 2.21. The third-order valence-corrected chi connectivity index (χ3v) is 2.21. The van der Waals surface area contributed by atoms with Crippen LogP contribution in [0.15, 0.2) is 17.0 Å². The summed E-state index contributed by atoms with van der Waals surface area (Å²) in [4.78, 5) is 11.2. The van der Waals surface area contributed by atoms with Crippen molar-refractivity contribution >= 4 is 5.91 Å². The van der Waals surface area contributed by atoms with Crippen LogP contribution < -0.4 is 5.32 Å². The normalized spacial score (nSPS) is 10.2. The molecule has 84 valence electrons. The molecule has 0 atom stereocenters. The molecule has 0 bridgehead atoms. The predicted molar refractivity (Wildman–Crippen MR) is 57.4 cm³/mol. The molecule has 1 heterocycles. The third kappa shape index (κ3) is 5.20. The van der Waals surface area contributed by atoms with Crippen LogP contribution in [0.4, 0.5) is 0 Å². The van der Waals surface area contributed by atoms with Gasteiger partial charge in [-0.25, -0.2) is 0 Å². The van der Waals surface area contributed by atoms with Gasteiger partial charge in [-0.2, -0.15) is 0 Å². The lowest BCUT2D eigenvalue weighted by molar-refractivity contribution is -0.121. The number of aryl methyl sites for hydroxylation is 1. The Hall–Kier alpha value is -1.32. The fraction of sp³-hybridized carbons (Fsp3) is 0.636. The van der Waals surface area contributed by atoms with Crippen LogP contribution in [0.25, 0.3) is 0 Å². The van der Waals surface area contributed by atoms with E-state index in [-0.39, 0.29) is 5.91 Å². The average Bonchev–Trinajstić information content (AvgIpc) is 2.74. The van der Waals surface area contributed by atoms with E-state index in [1.807, 2.05) is 0 Å². The van der Waals surface area contributed by atoms with E-state index < -0.39 is 0 Å². The number of carbonyl (C=O) groups excluding carboxylic acids is 1. The molecule has 0 aliphatic rings. The number of hydrogen-bond acceptors (Lipinski definition) is 3. The summed E-state index contributed by atoms with van der Waals surface area (Å²) in [5.74, 6) is 0.155. The zero-order chi connectivity index (χ0) is 10.9. The highest BCUT2D eigenvalue weighted by atomic mass is 16.5. The van der Waals surface area contributed by atoms with Crippen molar-refractivity contribution in [2.45, 2.75) is 39.0 Å². The van der Waals surface area contributed by atoms with Gasteiger partial charge in [0.1, 0.15) is 6.26 Å². The second-order valence-electron chi connectivity index (χ2n) is 3.59. The highest BCUT2D eigenvalue weighted by Crippen LogP contribution is 2.00. The zero-order valence-corrected chi connectivity index (χ0v) is 9.16. The van der Waals surface area contributed by atoms with E-state index in [0.717, 1.165) is 37.8 Å². The average molecular weight is 210 g/mol. The summed E-state index contributed by atoms with van der Waals surface area (Å²) in [7, 11) is 0. The standard InChI is InChI=1S/C11H18N2O2/c1-2-3-6-11(14)12-7-4-5-10-8-13-15-9-10/h8-9H,2-7H2,1H3,(H,12,14). The largest absolute Gasteiger partial charge is 0.364 e. The number of nitrogens with one attached hydrogen (secondary N) is 1. The van der Waals surface area contributed by atoms with Gasteiger partial charge >= 0.3 is 0 Å². The number of unbranched alkanes of at least 4 members (excludes halogenated alkanes) is 1. The van der Waals surface area contributed by atoms with E-state index in [4.69, 9.17) is 4.52 Å². The maximum absolute atomic E-state index is 11.2. The predicted octanol–water partition coefficient (Wildman–Crippen LogP) is 1.91. The van der Waals surface area contributed by atoms with Crippen LogP contribution >= 0.6 is 0 Å². The van der Waals surface area contributed by atoms with Crippen LogP contribution in [0.2, 0.25) is 0 Å². The maximum atomic E-state index is 11.2. The summed E-state index contributed by atoms with van der Waals surface area (Å²) >= 11 is 0. The van der Waals surface area contributed by atoms with E-state index in [2.05, 4.69) is 17.4 Å². The van der Waals surface area contributed by atoms with Crippen molar-refractivity contribution in [3.63, 3.8) is 0 Å². The van der Waals surface area contributed by atoms with Crippen molar-refractivity contribution in [1.29, 1.82) is 0 Å². The second kappa shape index (κ2) is 7.04. The summed E-state index contributed by atoms with van der Waals surface area (Å²) < 4.78 is 4.71. The van der Waals surface area contributed by atoms with Crippen molar-refractivity contribution in [1.82, 2.24) is 10.5 Å². The van der Waals surface area contributed by atoms with E-state index in [0.29, 0.717) is 6.42 Å². The minimum absolute atomic E-state index is 0.155. The molecule has 0 unspecified atom stereocenters. The lowest BCUT2D eigenvalue weighted by Crippen LogP contribution is -2.24. The number of carbonyl (C=O) groups is 1. The smallest absolute Gasteiger partial charge is 0.219 e. The number of amides is 1. The lowest BCUT2D eigenvalue weighted by atomic mass is 10.2. The van der Waals surface area contributed by atoms with Crippen LogP contribution in [0.1, 0.15) is 38.2 Å².